The summed E-state index contributed by atoms with van der Waals surface area (Å²) in [6, 6.07) is 0. The van der Waals surface area contributed by atoms with E-state index in [1.807, 2.05) is 0 Å². The molecule has 0 saturated carbocycles. The van der Waals surface area contributed by atoms with Crippen molar-refractivity contribution in [3.8, 4) is 0 Å². The van der Waals surface area contributed by atoms with Crippen molar-refractivity contribution in [3.05, 3.63) is 12.2 Å². The second-order valence-electron chi connectivity index (χ2n) is 2.82. The Balaban J connectivity index is -0.000000230. The topological polar surface area (TPSA) is 186 Å². The van der Waals surface area contributed by atoms with Crippen LogP contribution in [0.5, 0.6) is 0 Å². The van der Waals surface area contributed by atoms with Crippen molar-refractivity contribution in [1.29, 1.82) is 0 Å². The number of rotatable bonds is 5. The van der Waals surface area contributed by atoms with E-state index >= 15 is 0 Å². The third kappa shape index (κ3) is 59.6. The van der Waals surface area contributed by atoms with Crippen molar-refractivity contribution in [3.63, 3.8) is 0 Å². The van der Waals surface area contributed by atoms with Gasteiger partial charge in [0, 0.05) is 19.1 Å². The van der Waals surface area contributed by atoms with Crippen LogP contribution in [0, 0.1) is 0 Å². The summed E-state index contributed by atoms with van der Waals surface area (Å²) in [5.41, 5.74) is 0. The summed E-state index contributed by atoms with van der Waals surface area (Å²) in [5, 5.41) is 38.8. The van der Waals surface area contributed by atoms with Crippen molar-refractivity contribution in [2.45, 2.75) is 19.8 Å². The minimum atomic E-state index is -1.26. The van der Waals surface area contributed by atoms with Gasteiger partial charge < -0.3 is 25.5 Å². The maximum absolute atomic E-state index is 9.64. The molecule has 0 atom stereocenters. The summed E-state index contributed by atoms with van der Waals surface area (Å²) in [5.74, 6) is -5.50. The molecule has 114 valence electrons. The Hall–Kier alpha value is -2.91. The van der Waals surface area contributed by atoms with Gasteiger partial charge in [-0.15, -0.1) is 0 Å². The van der Waals surface area contributed by atoms with E-state index in [4.69, 9.17) is 30.3 Å². The van der Waals surface area contributed by atoms with Gasteiger partial charge in [0.1, 0.15) is 0 Å². The Morgan fingerprint density at radius 3 is 1.00 bits per heavy atom. The Bertz CT molecular complexity index is 347. The normalized spacial score (nSPS) is 8.45. The monoisotopic (exact) mass is 294 g/mol. The van der Waals surface area contributed by atoms with E-state index in [9.17, 15) is 19.2 Å². The van der Waals surface area contributed by atoms with E-state index in [0.717, 1.165) is 6.92 Å². The minimum absolute atomic E-state index is 0.296. The standard InChI is InChI=1S/C4H6O4.C4H4O4.C2H4O2/c2*5-3(6)1-2-4(7)8;1-2(3)4/h1-2H2,(H,5,6)(H,7,8);1-2H,(H,5,6)(H,7,8);1H3,(H,3,4)/b;2-1+;. The van der Waals surface area contributed by atoms with Crippen LogP contribution in [0.25, 0.3) is 0 Å². The van der Waals surface area contributed by atoms with Gasteiger partial charge in [0.25, 0.3) is 5.97 Å². The summed E-state index contributed by atoms with van der Waals surface area (Å²) < 4.78 is 0. The van der Waals surface area contributed by atoms with Gasteiger partial charge in [-0.05, 0) is 0 Å². The summed E-state index contributed by atoms with van der Waals surface area (Å²) in [7, 11) is 0. The molecule has 5 N–H and O–H groups in total. The maximum atomic E-state index is 9.64. The first kappa shape index (κ1) is 22.3. The van der Waals surface area contributed by atoms with E-state index < -0.39 is 29.8 Å². The lowest BCUT2D eigenvalue weighted by atomic mass is 10.3. The van der Waals surface area contributed by atoms with Crippen molar-refractivity contribution in [2.75, 3.05) is 0 Å². The van der Waals surface area contributed by atoms with Gasteiger partial charge in [-0.25, -0.2) is 9.59 Å². The number of aliphatic carboxylic acids is 5. The Morgan fingerprint density at radius 1 is 0.700 bits per heavy atom. The summed E-state index contributed by atoms with van der Waals surface area (Å²) in [6.45, 7) is 1.08. The molecule has 0 aliphatic carbocycles. The highest BCUT2D eigenvalue weighted by molar-refractivity contribution is 5.89. The van der Waals surface area contributed by atoms with Crippen LogP contribution < -0.4 is 0 Å². The Morgan fingerprint density at radius 2 is 0.900 bits per heavy atom. The maximum Gasteiger partial charge on any atom is 0.328 e. The Kier molecular flexibility index (Phi) is 15.8. The SMILES string of the molecule is CC(=O)O.O=C(O)/C=C/C(=O)O.O=C(O)CCC(=O)O. The molecular formula is C10H14O10. The fourth-order valence-corrected chi connectivity index (χ4v) is 0.356. The van der Waals surface area contributed by atoms with Gasteiger partial charge in [-0.1, -0.05) is 0 Å². The summed E-state index contributed by atoms with van der Waals surface area (Å²) >= 11 is 0. The van der Waals surface area contributed by atoms with Crippen molar-refractivity contribution < 1.29 is 49.5 Å². The first-order chi connectivity index (χ1) is 8.98. The predicted octanol–water partition coefficient (Wildman–Crippen LogP) is -0.261. The molecule has 0 spiro atoms. The second kappa shape index (κ2) is 14.2. The molecule has 0 bridgehead atoms. The average Bonchev–Trinajstić information content (AvgIpc) is 2.23. The van der Waals surface area contributed by atoms with Gasteiger partial charge in [-0.3, -0.25) is 14.4 Å². The van der Waals surface area contributed by atoms with E-state index in [-0.39, 0.29) is 12.8 Å². The molecule has 0 aromatic carbocycles. The van der Waals surface area contributed by atoms with E-state index in [1.54, 1.807) is 0 Å². The fourth-order valence-electron chi connectivity index (χ4n) is 0.356. The van der Waals surface area contributed by atoms with Gasteiger partial charge in [0.05, 0.1) is 12.8 Å². The third-order valence-corrected chi connectivity index (χ3v) is 0.921. The predicted molar refractivity (Wildman–Crippen MR) is 62.2 cm³/mol. The number of carboxylic acid groups (broad SMARTS) is 5. The molecule has 0 saturated heterocycles. The number of carboxylic acids is 5. The van der Waals surface area contributed by atoms with Crippen LogP contribution in [0.1, 0.15) is 19.8 Å². The highest BCUT2D eigenvalue weighted by Crippen LogP contribution is 1.86. The molecule has 0 rings (SSSR count). The Labute approximate surface area is 112 Å². The fraction of sp³-hybridized carbons (Fsp3) is 0.300. The smallest absolute Gasteiger partial charge is 0.328 e. The molecule has 10 heteroatoms. The highest BCUT2D eigenvalue weighted by atomic mass is 16.4. The van der Waals surface area contributed by atoms with Crippen LogP contribution >= 0.6 is 0 Å². The lowest BCUT2D eigenvalue weighted by Gasteiger charge is -1.85. The zero-order chi connectivity index (χ0) is 16.7. The quantitative estimate of drug-likeness (QED) is 0.422. The number of carbonyl (C=O) groups is 5. The highest BCUT2D eigenvalue weighted by Gasteiger charge is 2.00. The molecule has 0 radical (unpaired) electrons. The molecule has 0 aromatic rings. The first-order valence-electron chi connectivity index (χ1n) is 4.76. The zero-order valence-electron chi connectivity index (χ0n) is 10.3. The molecule has 20 heavy (non-hydrogen) atoms. The van der Waals surface area contributed by atoms with E-state index in [2.05, 4.69) is 0 Å². The molecule has 0 aliphatic heterocycles. The molecule has 0 aliphatic rings. The lowest BCUT2D eigenvalue weighted by Crippen LogP contribution is -2.00. The minimum Gasteiger partial charge on any atom is -0.481 e. The van der Waals surface area contributed by atoms with Crippen LogP contribution in [0.15, 0.2) is 12.2 Å². The van der Waals surface area contributed by atoms with Crippen LogP contribution in [-0.2, 0) is 24.0 Å². The van der Waals surface area contributed by atoms with Crippen LogP contribution in [0.2, 0.25) is 0 Å². The molecule has 0 amide bonds. The summed E-state index contributed by atoms with van der Waals surface area (Å²) in [6.07, 6.45) is 0.523. The molecule has 10 nitrogen and oxygen atoms in total. The number of hydrogen-bond donors (Lipinski definition) is 5. The lowest BCUT2D eigenvalue weighted by molar-refractivity contribution is -0.143. The van der Waals surface area contributed by atoms with Crippen LogP contribution in [0.4, 0.5) is 0 Å². The van der Waals surface area contributed by atoms with E-state index in [1.165, 1.54) is 0 Å². The molecule has 0 unspecified atom stereocenters. The molecule has 0 aromatic heterocycles. The van der Waals surface area contributed by atoms with E-state index in [0.29, 0.717) is 12.2 Å². The zero-order valence-corrected chi connectivity index (χ0v) is 10.3. The molecule has 0 heterocycles. The molecular weight excluding hydrogens is 280 g/mol. The summed E-state index contributed by atoms with van der Waals surface area (Å²) in [4.78, 5) is 47.4. The second-order valence-corrected chi connectivity index (χ2v) is 2.82. The van der Waals surface area contributed by atoms with Crippen LogP contribution in [-0.4, -0.2) is 55.4 Å². The van der Waals surface area contributed by atoms with Gasteiger partial charge in [-0.2, -0.15) is 0 Å². The van der Waals surface area contributed by atoms with Gasteiger partial charge in [0.15, 0.2) is 0 Å². The third-order valence-electron chi connectivity index (χ3n) is 0.921. The van der Waals surface area contributed by atoms with Crippen molar-refractivity contribution in [2.24, 2.45) is 0 Å². The van der Waals surface area contributed by atoms with Crippen molar-refractivity contribution >= 4 is 29.8 Å². The number of hydrogen-bond acceptors (Lipinski definition) is 5. The van der Waals surface area contributed by atoms with Gasteiger partial charge >= 0.3 is 23.9 Å². The van der Waals surface area contributed by atoms with Gasteiger partial charge in [0.2, 0.25) is 0 Å². The molecule has 0 fully saturated rings. The van der Waals surface area contributed by atoms with Crippen molar-refractivity contribution in [1.82, 2.24) is 0 Å². The average molecular weight is 294 g/mol. The first-order valence-corrected chi connectivity index (χ1v) is 4.76. The van der Waals surface area contributed by atoms with Crippen LogP contribution in [0.3, 0.4) is 0 Å². The largest absolute Gasteiger partial charge is 0.481 e.